The average molecular weight is 391 g/mol. The van der Waals surface area contributed by atoms with Crippen molar-refractivity contribution in [2.24, 2.45) is 7.05 Å². The number of pyridine rings is 1. The number of rotatable bonds is 2. The van der Waals surface area contributed by atoms with E-state index in [9.17, 15) is 4.79 Å². The lowest BCUT2D eigenvalue weighted by Crippen LogP contribution is -2.19. The lowest BCUT2D eigenvalue weighted by Gasteiger charge is -2.09. The van der Waals surface area contributed by atoms with E-state index in [2.05, 4.69) is 4.98 Å². The second-order valence-electron chi connectivity index (χ2n) is 7.37. The summed E-state index contributed by atoms with van der Waals surface area (Å²) in [6.07, 6.45) is 5.75. The Labute approximate surface area is 171 Å². The van der Waals surface area contributed by atoms with Gasteiger partial charge in [0.25, 0.3) is 5.56 Å². The van der Waals surface area contributed by atoms with Crippen molar-refractivity contribution in [3.05, 3.63) is 95.7 Å². The van der Waals surface area contributed by atoms with Crippen molar-refractivity contribution < 1.29 is 0 Å². The van der Waals surface area contributed by atoms with Gasteiger partial charge in [-0.15, -0.1) is 0 Å². The first kappa shape index (κ1) is 16.7. The SMILES string of the molecule is Cn1c(=O)c2ccc(-c3ccc4nccn4c3)cc2n2nc(-c3ccccc3)cc12. The fourth-order valence-electron chi connectivity index (χ4n) is 3.98. The molecule has 0 saturated heterocycles. The first-order valence-corrected chi connectivity index (χ1v) is 9.70. The number of imidazole rings is 1. The summed E-state index contributed by atoms with van der Waals surface area (Å²) in [6, 6.07) is 21.9. The summed E-state index contributed by atoms with van der Waals surface area (Å²) in [5, 5.41) is 5.47. The average Bonchev–Trinajstić information content (AvgIpc) is 3.45. The third-order valence-electron chi connectivity index (χ3n) is 5.59. The molecule has 2 aromatic carbocycles. The van der Waals surface area contributed by atoms with Gasteiger partial charge in [0, 0.05) is 37.3 Å². The molecule has 6 nitrogen and oxygen atoms in total. The monoisotopic (exact) mass is 391 g/mol. The lowest BCUT2D eigenvalue weighted by atomic mass is 10.1. The van der Waals surface area contributed by atoms with E-state index < -0.39 is 0 Å². The second kappa shape index (κ2) is 6.15. The zero-order valence-electron chi connectivity index (χ0n) is 16.2. The maximum absolute atomic E-state index is 13.0. The highest BCUT2D eigenvalue weighted by Crippen LogP contribution is 2.26. The maximum atomic E-state index is 13.0. The highest BCUT2D eigenvalue weighted by Gasteiger charge is 2.14. The highest BCUT2D eigenvalue weighted by atomic mass is 16.1. The number of aryl methyl sites for hydroxylation is 1. The highest BCUT2D eigenvalue weighted by molar-refractivity contribution is 5.86. The summed E-state index contributed by atoms with van der Waals surface area (Å²) in [7, 11) is 1.79. The van der Waals surface area contributed by atoms with Gasteiger partial charge < -0.3 is 4.40 Å². The molecule has 6 rings (SSSR count). The molecule has 4 aromatic heterocycles. The van der Waals surface area contributed by atoms with Gasteiger partial charge in [0.15, 0.2) is 0 Å². The molecule has 4 heterocycles. The van der Waals surface area contributed by atoms with Gasteiger partial charge in [-0.25, -0.2) is 9.50 Å². The van der Waals surface area contributed by atoms with Crippen LogP contribution >= 0.6 is 0 Å². The van der Waals surface area contributed by atoms with Crippen molar-refractivity contribution in [1.82, 2.24) is 23.6 Å². The van der Waals surface area contributed by atoms with Gasteiger partial charge in [0.2, 0.25) is 0 Å². The number of hydrogen-bond acceptors (Lipinski definition) is 3. The molecule has 0 radical (unpaired) electrons. The molecule has 0 bridgehead atoms. The van der Waals surface area contributed by atoms with Gasteiger partial charge in [0.05, 0.1) is 16.6 Å². The van der Waals surface area contributed by atoms with Crippen LogP contribution in [-0.2, 0) is 7.05 Å². The summed E-state index contributed by atoms with van der Waals surface area (Å²) >= 11 is 0. The zero-order chi connectivity index (χ0) is 20.2. The van der Waals surface area contributed by atoms with Crippen molar-refractivity contribution in [3.63, 3.8) is 0 Å². The van der Waals surface area contributed by atoms with Crippen LogP contribution in [0, 0.1) is 0 Å². The lowest BCUT2D eigenvalue weighted by molar-refractivity contribution is 0.850. The number of hydrogen-bond donors (Lipinski definition) is 0. The predicted octanol–water partition coefficient (Wildman–Crippen LogP) is 4.17. The van der Waals surface area contributed by atoms with E-state index in [0.29, 0.717) is 5.39 Å². The number of benzene rings is 2. The predicted molar refractivity (Wildman–Crippen MR) is 118 cm³/mol. The van der Waals surface area contributed by atoms with Crippen LogP contribution in [-0.4, -0.2) is 23.6 Å². The van der Waals surface area contributed by atoms with Crippen molar-refractivity contribution in [2.75, 3.05) is 0 Å². The topological polar surface area (TPSA) is 56.6 Å². The molecule has 0 saturated carbocycles. The minimum atomic E-state index is -0.0337. The maximum Gasteiger partial charge on any atom is 0.261 e. The van der Waals surface area contributed by atoms with Crippen LogP contribution in [0.4, 0.5) is 0 Å². The van der Waals surface area contributed by atoms with Crippen LogP contribution in [0.5, 0.6) is 0 Å². The van der Waals surface area contributed by atoms with Crippen LogP contribution < -0.4 is 5.56 Å². The molecule has 144 valence electrons. The van der Waals surface area contributed by atoms with E-state index in [0.717, 1.165) is 39.2 Å². The molecular weight excluding hydrogens is 374 g/mol. The van der Waals surface area contributed by atoms with Crippen LogP contribution in [0.15, 0.2) is 90.1 Å². The van der Waals surface area contributed by atoms with Gasteiger partial charge in [-0.05, 0) is 35.4 Å². The van der Waals surface area contributed by atoms with Gasteiger partial charge in [-0.1, -0.05) is 36.4 Å². The molecule has 0 spiro atoms. The van der Waals surface area contributed by atoms with E-state index in [1.54, 1.807) is 17.8 Å². The molecule has 0 aliphatic carbocycles. The summed E-state index contributed by atoms with van der Waals surface area (Å²) in [5.41, 5.74) is 6.33. The molecule has 6 heteroatoms. The van der Waals surface area contributed by atoms with Crippen molar-refractivity contribution in [1.29, 1.82) is 0 Å². The first-order chi connectivity index (χ1) is 14.7. The zero-order valence-corrected chi connectivity index (χ0v) is 16.2. The molecular formula is C24H17N5O. The molecule has 0 amide bonds. The van der Waals surface area contributed by atoms with Crippen LogP contribution in [0.1, 0.15) is 0 Å². The normalized spacial score (nSPS) is 11.6. The van der Waals surface area contributed by atoms with Gasteiger partial charge >= 0.3 is 0 Å². The van der Waals surface area contributed by atoms with Crippen molar-refractivity contribution >= 4 is 22.2 Å². The Hall–Kier alpha value is -4.19. The first-order valence-electron chi connectivity index (χ1n) is 9.70. The number of fused-ring (bicyclic) bond motifs is 4. The molecule has 30 heavy (non-hydrogen) atoms. The van der Waals surface area contributed by atoms with Crippen molar-refractivity contribution in [2.45, 2.75) is 0 Å². The van der Waals surface area contributed by atoms with Crippen LogP contribution in [0.2, 0.25) is 0 Å². The fourth-order valence-corrected chi connectivity index (χ4v) is 3.98. The van der Waals surface area contributed by atoms with Crippen molar-refractivity contribution in [3.8, 4) is 22.4 Å². The van der Waals surface area contributed by atoms with E-state index in [1.165, 1.54) is 0 Å². The Morgan fingerprint density at radius 2 is 1.70 bits per heavy atom. The van der Waals surface area contributed by atoms with E-state index in [4.69, 9.17) is 5.10 Å². The molecule has 6 aromatic rings. The summed E-state index contributed by atoms with van der Waals surface area (Å²) < 4.78 is 5.50. The quantitative estimate of drug-likeness (QED) is 0.445. The van der Waals surface area contributed by atoms with E-state index >= 15 is 0 Å². The Morgan fingerprint density at radius 1 is 0.867 bits per heavy atom. The summed E-state index contributed by atoms with van der Waals surface area (Å²) in [4.78, 5) is 17.3. The molecule has 0 N–H and O–H groups in total. The Balaban J connectivity index is 1.63. The van der Waals surface area contributed by atoms with E-state index in [-0.39, 0.29) is 5.56 Å². The standard InChI is InChI=1S/C24H17N5O/c1-27-23-14-20(16-5-3-2-4-6-16)26-29(23)21-13-17(7-9-19(21)24(27)30)18-8-10-22-25-11-12-28(22)15-18/h2-15H,1H3. The smallest absolute Gasteiger partial charge is 0.261 e. The fraction of sp³-hybridized carbons (Fsp3) is 0.0417. The minimum absolute atomic E-state index is 0.0337. The molecule has 0 aliphatic heterocycles. The van der Waals surface area contributed by atoms with Gasteiger partial charge in [-0.3, -0.25) is 9.36 Å². The second-order valence-corrected chi connectivity index (χ2v) is 7.37. The van der Waals surface area contributed by atoms with Crippen LogP contribution in [0.25, 0.3) is 44.6 Å². The number of aromatic nitrogens is 5. The van der Waals surface area contributed by atoms with Gasteiger partial charge in [-0.2, -0.15) is 5.10 Å². The minimum Gasteiger partial charge on any atom is -0.306 e. The Morgan fingerprint density at radius 3 is 2.57 bits per heavy atom. The van der Waals surface area contributed by atoms with Gasteiger partial charge in [0.1, 0.15) is 11.3 Å². The van der Waals surface area contributed by atoms with E-state index in [1.807, 2.05) is 88.0 Å². The van der Waals surface area contributed by atoms with Crippen LogP contribution in [0.3, 0.4) is 0 Å². The molecule has 0 fully saturated rings. The molecule has 0 unspecified atom stereocenters. The Kier molecular flexibility index (Phi) is 3.43. The largest absolute Gasteiger partial charge is 0.306 e. The third kappa shape index (κ3) is 2.40. The number of nitrogens with zero attached hydrogens (tertiary/aromatic N) is 5. The molecule has 0 aliphatic rings. The summed E-state index contributed by atoms with van der Waals surface area (Å²) in [5.74, 6) is 0. The molecule has 0 atom stereocenters. The third-order valence-corrected chi connectivity index (χ3v) is 5.59. The Bertz CT molecular complexity index is 1620. The summed E-state index contributed by atoms with van der Waals surface area (Å²) in [6.45, 7) is 0.